The Balaban J connectivity index is 1.34. The SMILES string of the molecule is O=C1CCCc2cc(S(=O)(=O)NCCC(=O)N[C@@H]3CCCc4ccccc43)ccc2N1. The summed E-state index contributed by atoms with van der Waals surface area (Å²) in [4.78, 5) is 24.2. The van der Waals surface area contributed by atoms with Gasteiger partial charge in [0.15, 0.2) is 0 Å². The Morgan fingerprint density at radius 2 is 1.84 bits per heavy atom. The van der Waals surface area contributed by atoms with Crippen molar-refractivity contribution in [2.75, 3.05) is 11.9 Å². The predicted molar refractivity (Wildman–Crippen MR) is 118 cm³/mol. The van der Waals surface area contributed by atoms with Crippen molar-refractivity contribution in [2.24, 2.45) is 0 Å². The fourth-order valence-electron chi connectivity index (χ4n) is 4.27. The third kappa shape index (κ3) is 5.14. The molecular formula is C23H27N3O4S. The van der Waals surface area contributed by atoms with Crippen LogP contribution in [0.4, 0.5) is 5.69 Å². The smallest absolute Gasteiger partial charge is 0.240 e. The quantitative estimate of drug-likeness (QED) is 0.641. The van der Waals surface area contributed by atoms with Gasteiger partial charge in [-0.2, -0.15) is 0 Å². The van der Waals surface area contributed by atoms with E-state index in [2.05, 4.69) is 21.4 Å². The minimum atomic E-state index is -3.74. The lowest BCUT2D eigenvalue weighted by atomic mass is 9.88. The maximum absolute atomic E-state index is 12.7. The molecule has 0 bridgehead atoms. The van der Waals surface area contributed by atoms with E-state index in [1.807, 2.05) is 18.2 Å². The number of rotatable bonds is 6. The number of carbonyl (C=O) groups is 2. The summed E-state index contributed by atoms with van der Waals surface area (Å²) >= 11 is 0. The van der Waals surface area contributed by atoms with E-state index in [1.54, 1.807) is 12.1 Å². The van der Waals surface area contributed by atoms with Crippen LogP contribution in [-0.4, -0.2) is 26.8 Å². The van der Waals surface area contributed by atoms with Crippen LogP contribution in [0.5, 0.6) is 0 Å². The maximum atomic E-state index is 12.7. The molecule has 1 aliphatic carbocycles. The van der Waals surface area contributed by atoms with Gasteiger partial charge in [0.05, 0.1) is 10.9 Å². The highest BCUT2D eigenvalue weighted by Gasteiger charge is 2.22. The molecule has 0 fully saturated rings. The Labute approximate surface area is 182 Å². The minimum Gasteiger partial charge on any atom is -0.349 e. The maximum Gasteiger partial charge on any atom is 0.240 e. The van der Waals surface area contributed by atoms with Gasteiger partial charge in [0.2, 0.25) is 21.8 Å². The van der Waals surface area contributed by atoms with Crippen LogP contribution in [-0.2, 0) is 32.5 Å². The van der Waals surface area contributed by atoms with Crippen LogP contribution in [0.1, 0.15) is 54.8 Å². The molecule has 0 radical (unpaired) electrons. The second-order valence-electron chi connectivity index (χ2n) is 8.08. The molecule has 4 rings (SSSR count). The molecule has 1 atom stereocenters. The lowest BCUT2D eigenvalue weighted by Crippen LogP contribution is -2.34. The number of aryl methyl sites for hydroxylation is 2. The summed E-state index contributed by atoms with van der Waals surface area (Å²) in [6.07, 6.45) is 4.75. The topological polar surface area (TPSA) is 104 Å². The first kappa shape index (κ1) is 21.5. The van der Waals surface area contributed by atoms with Crippen molar-refractivity contribution in [3.05, 3.63) is 59.2 Å². The molecule has 3 N–H and O–H groups in total. The number of sulfonamides is 1. The molecule has 0 saturated carbocycles. The van der Waals surface area contributed by atoms with Gasteiger partial charge in [0.1, 0.15) is 0 Å². The van der Waals surface area contributed by atoms with Crippen LogP contribution in [0, 0.1) is 0 Å². The zero-order valence-electron chi connectivity index (χ0n) is 17.3. The van der Waals surface area contributed by atoms with Gasteiger partial charge in [0, 0.05) is 25.1 Å². The molecule has 2 aromatic carbocycles. The molecule has 1 heterocycles. The third-order valence-corrected chi connectivity index (χ3v) is 7.32. The summed E-state index contributed by atoms with van der Waals surface area (Å²) < 4.78 is 27.9. The molecule has 1 aliphatic heterocycles. The first-order valence-electron chi connectivity index (χ1n) is 10.7. The lowest BCUT2D eigenvalue weighted by Gasteiger charge is -2.26. The van der Waals surface area contributed by atoms with Gasteiger partial charge in [-0.1, -0.05) is 24.3 Å². The van der Waals surface area contributed by atoms with Crippen molar-refractivity contribution >= 4 is 27.5 Å². The van der Waals surface area contributed by atoms with Gasteiger partial charge in [0.25, 0.3) is 0 Å². The first-order chi connectivity index (χ1) is 14.9. The van der Waals surface area contributed by atoms with E-state index in [0.29, 0.717) is 24.9 Å². The number of anilines is 1. The normalized spacial score (nSPS) is 18.3. The highest BCUT2D eigenvalue weighted by molar-refractivity contribution is 7.89. The van der Waals surface area contributed by atoms with Crippen molar-refractivity contribution < 1.29 is 18.0 Å². The Kier molecular flexibility index (Phi) is 6.38. The van der Waals surface area contributed by atoms with Crippen molar-refractivity contribution in [1.82, 2.24) is 10.0 Å². The minimum absolute atomic E-state index is 0.0196. The molecule has 8 heteroatoms. The molecule has 0 spiro atoms. The van der Waals surface area contributed by atoms with E-state index >= 15 is 0 Å². The number of benzene rings is 2. The van der Waals surface area contributed by atoms with Gasteiger partial charge in [-0.15, -0.1) is 0 Å². The van der Waals surface area contributed by atoms with E-state index in [0.717, 1.165) is 30.4 Å². The number of fused-ring (bicyclic) bond motifs is 2. The molecular weight excluding hydrogens is 414 g/mol. The zero-order valence-corrected chi connectivity index (χ0v) is 18.1. The number of hydrogen-bond donors (Lipinski definition) is 3. The van der Waals surface area contributed by atoms with E-state index in [4.69, 9.17) is 0 Å². The molecule has 7 nitrogen and oxygen atoms in total. The molecule has 0 unspecified atom stereocenters. The van der Waals surface area contributed by atoms with Gasteiger partial charge in [-0.05, 0) is 67.0 Å². The predicted octanol–water partition coefficient (Wildman–Crippen LogP) is 2.82. The van der Waals surface area contributed by atoms with Crippen LogP contribution in [0.15, 0.2) is 47.4 Å². The van der Waals surface area contributed by atoms with Gasteiger partial charge in [-0.25, -0.2) is 13.1 Å². The standard InChI is InChI=1S/C23H27N3O4S/c27-22-10-4-7-17-15-18(11-12-20(17)25-22)31(29,30)24-14-13-23(28)26-21-9-3-6-16-5-1-2-8-19(16)21/h1-2,5,8,11-12,15,21,24H,3-4,6-7,9-10,13-14H2,(H,25,27)(H,26,28)/t21-/m1/s1. The molecule has 0 aromatic heterocycles. The second kappa shape index (κ2) is 9.20. The summed E-state index contributed by atoms with van der Waals surface area (Å²) in [5, 5.41) is 5.84. The van der Waals surface area contributed by atoms with E-state index in [1.165, 1.54) is 11.6 Å². The van der Waals surface area contributed by atoms with Gasteiger partial charge in [-0.3, -0.25) is 9.59 Å². The van der Waals surface area contributed by atoms with Crippen molar-refractivity contribution in [3.8, 4) is 0 Å². The van der Waals surface area contributed by atoms with Crippen LogP contribution in [0.2, 0.25) is 0 Å². The fourth-order valence-corrected chi connectivity index (χ4v) is 5.35. The number of carbonyl (C=O) groups excluding carboxylic acids is 2. The van der Waals surface area contributed by atoms with Crippen LogP contribution in [0.25, 0.3) is 0 Å². The number of nitrogens with one attached hydrogen (secondary N) is 3. The molecule has 164 valence electrons. The zero-order chi connectivity index (χ0) is 21.8. The first-order valence-corrected chi connectivity index (χ1v) is 12.2. The average Bonchev–Trinajstić information content (AvgIpc) is 2.93. The molecule has 0 saturated heterocycles. The highest BCUT2D eigenvalue weighted by Crippen LogP contribution is 2.29. The Morgan fingerprint density at radius 1 is 1.03 bits per heavy atom. The van der Waals surface area contributed by atoms with Crippen molar-refractivity contribution in [3.63, 3.8) is 0 Å². The molecule has 2 aromatic rings. The number of amides is 2. The molecule has 2 aliphatic rings. The number of hydrogen-bond acceptors (Lipinski definition) is 4. The summed E-state index contributed by atoms with van der Waals surface area (Å²) in [5.41, 5.74) is 3.88. The molecule has 2 amide bonds. The van der Waals surface area contributed by atoms with E-state index in [9.17, 15) is 18.0 Å². The van der Waals surface area contributed by atoms with E-state index in [-0.39, 0.29) is 35.7 Å². The van der Waals surface area contributed by atoms with Crippen LogP contribution < -0.4 is 15.4 Å². The lowest BCUT2D eigenvalue weighted by molar-refractivity contribution is -0.121. The van der Waals surface area contributed by atoms with Crippen LogP contribution in [0.3, 0.4) is 0 Å². The highest BCUT2D eigenvalue weighted by atomic mass is 32.2. The van der Waals surface area contributed by atoms with Crippen molar-refractivity contribution in [2.45, 2.75) is 55.9 Å². The Hall–Kier alpha value is -2.71. The van der Waals surface area contributed by atoms with Crippen LogP contribution >= 0.6 is 0 Å². The summed E-state index contributed by atoms with van der Waals surface area (Å²) in [7, 11) is -3.74. The van der Waals surface area contributed by atoms with Gasteiger partial charge >= 0.3 is 0 Å². The fraction of sp³-hybridized carbons (Fsp3) is 0.391. The molecule has 31 heavy (non-hydrogen) atoms. The van der Waals surface area contributed by atoms with E-state index < -0.39 is 10.0 Å². The Bertz CT molecular complexity index is 1100. The van der Waals surface area contributed by atoms with Crippen molar-refractivity contribution in [1.29, 1.82) is 0 Å². The largest absolute Gasteiger partial charge is 0.349 e. The third-order valence-electron chi connectivity index (χ3n) is 5.86. The summed E-state index contributed by atoms with van der Waals surface area (Å²) in [5.74, 6) is -0.229. The monoisotopic (exact) mass is 441 g/mol. The van der Waals surface area contributed by atoms with Gasteiger partial charge < -0.3 is 10.6 Å². The Morgan fingerprint density at radius 3 is 2.71 bits per heavy atom. The summed E-state index contributed by atoms with van der Waals surface area (Å²) in [6, 6.07) is 12.8. The second-order valence-corrected chi connectivity index (χ2v) is 9.85. The summed E-state index contributed by atoms with van der Waals surface area (Å²) in [6.45, 7) is 0.0242. The average molecular weight is 442 g/mol.